The minimum Gasteiger partial charge on any atom is -0.321 e. The fraction of sp³-hybridized carbons (Fsp3) is 0.208. The number of nitrogens with zero attached hydrogens (tertiary/aromatic N) is 3. The lowest BCUT2D eigenvalue weighted by Gasteiger charge is -2.12. The number of hydrogen-bond acceptors (Lipinski definition) is 3. The standard InChI is InChI=1S/C24H23ClN4O/c1-15-10-16(2)22(17(3)11-15)27-24(30)20(13-26)12-21-18(4)28-29(23(21)25)14-19-8-6-5-7-9-19/h5-12H,14H2,1-4H3,(H,27,30)/b20-12+. The molecule has 30 heavy (non-hydrogen) atoms. The Bertz CT molecular complexity index is 1150. The average molecular weight is 419 g/mol. The summed E-state index contributed by atoms with van der Waals surface area (Å²) in [5.74, 6) is -0.473. The summed E-state index contributed by atoms with van der Waals surface area (Å²) in [5.41, 5.74) is 5.98. The summed E-state index contributed by atoms with van der Waals surface area (Å²) in [4.78, 5) is 12.8. The summed E-state index contributed by atoms with van der Waals surface area (Å²) < 4.78 is 1.67. The van der Waals surface area contributed by atoms with Crippen LogP contribution in [0.4, 0.5) is 5.69 Å². The summed E-state index contributed by atoms with van der Waals surface area (Å²) in [6, 6.07) is 15.8. The minimum absolute atomic E-state index is 0.0290. The first kappa shape index (κ1) is 21.4. The molecule has 0 aliphatic carbocycles. The van der Waals surface area contributed by atoms with Gasteiger partial charge in [-0.3, -0.25) is 4.79 Å². The van der Waals surface area contributed by atoms with Crippen molar-refractivity contribution in [1.82, 2.24) is 9.78 Å². The van der Waals surface area contributed by atoms with E-state index in [-0.39, 0.29) is 5.57 Å². The largest absolute Gasteiger partial charge is 0.321 e. The Hall–Kier alpha value is -3.36. The monoisotopic (exact) mass is 418 g/mol. The third-order valence-electron chi connectivity index (χ3n) is 4.85. The first-order valence-corrected chi connectivity index (χ1v) is 9.95. The quantitative estimate of drug-likeness (QED) is 0.447. The van der Waals surface area contributed by atoms with Gasteiger partial charge in [0.1, 0.15) is 16.8 Å². The second-order valence-corrected chi connectivity index (χ2v) is 7.69. The van der Waals surface area contributed by atoms with Crippen LogP contribution in [0.1, 0.15) is 33.5 Å². The summed E-state index contributed by atoms with van der Waals surface area (Å²) in [6.45, 7) is 8.18. The van der Waals surface area contributed by atoms with Crippen LogP contribution in [0.15, 0.2) is 48.0 Å². The maximum Gasteiger partial charge on any atom is 0.266 e. The average Bonchev–Trinajstić information content (AvgIpc) is 2.96. The van der Waals surface area contributed by atoms with Crippen molar-refractivity contribution in [3.63, 3.8) is 0 Å². The van der Waals surface area contributed by atoms with Gasteiger partial charge in [-0.1, -0.05) is 59.6 Å². The number of amides is 1. The van der Waals surface area contributed by atoms with Gasteiger partial charge in [0.25, 0.3) is 5.91 Å². The van der Waals surface area contributed by atoms with E-state index in [4.69, 9.17) is 11.6 Å². The lowest BCUT2D eigenvalue weighted by Crippen LogP contribution is -2.15. The maximum atomic E-state index is 12.8. The van der Waals surface area contributed by atoms with Crippen LogP contribution in [0.2, 0.25) is 5.15 Å². The first-order valence-electron chi connectivity index (χ1n) is 9.58. The van der Waals surface area contributed by atoms with E-state index in [0.29, 0.717) is 28.6 Å². The molecule has 2 aromatic carbocycles. The van der Waals surface area contributed by atoms with Gasteiger partial charge in [-0.25, -0.2) is 4.68 Å². The van der Waals surface area contributed by atoms with E-state index in [0.717, 1.165) is 22.3 Å². The Morgan fingerprint density at radius 3 is 2.40 bits per heavy atom. The molecule has 1 amide bonds. The lowest BCUT2D eigenvalue weighted by atomic mass is 10.0. The molecular formula is C24H23ClN4O. The zero-order chi connectivity index (χ0) is 21.8. The fourth-order valence-corrected chi connectivity index (χ4v) is 3.73. The number of anilines is 1. The molecule has 0 fully saturated rings. The molecule has 3 aromatic rings. The summed E-state index contributed by atoms with van der Waals surface area (Å²) in [5, 5.41) is 17.3. The van der Waals surface area contributed by atoms with Crippen LogP contribution in [-0.2, 0) is 11.3 Å². The molecule has 1 aromatic heterocycles. The van der Waals surface area contributed by atoms with Crippen molar-refractivity contribution in [2.24, 2.45) is 0 Å². The predicted octanol–water partition coefficient (Wildman–Crippen LogP) is 5.36. The molecule has 0 atom stereocenters. The van der Waals surface area contributed by atoms with E-state index in [1.807, 2.05) is 69.3 Å². The Balaban J connectivity index is 1.89. The van der Waals surface area contributed by atoms with Gasteiger partial charge in [-0.2, -0.15) is 10.4 Å². The minimum atomic E-state index is -0.473. The molecular weight excluding hydrogens is 396 g/mol. The number of rotatable bonds is 5. The predicted molar refractivity (Wildman–Crippen MR) is 120 cm³/mol. The van der Waals surface area contributed by atoms with Crippen molar-refractivity contribution in [3.8, 4) is 6.07 Å². The zero-order valence-electron chi connectivity index (χ0n) is 17.5. The van der Waals surface area contributed by atoms with Crippen LogP contribution in [0.5, 0.6) is 0 Å². The van der Waals surface area contributed by atoms with Gasteiger partial charge in [0.05, 0.1) is 12.2 Å². The lowest BCUT2D eigenvalue weighted by molar-refractivity contribution is -0.112. The Labute approximate surface area is 181 Å². The van der Waals surface area contributed by atoms with Crippen LogP contribution in [0.3, 0.4) is 0 Å². The SMILES string of the molecule is Cc1cc(C)c(NC(=O)/C(C#N)=C/c2c(C)nn(Cc3ccccc3)c2Cl)c(C)c1. The van der Waals surface area contributed by atoms with E-state index in [2.05, 4.69) is 10.4 Å². The fourth-order valence-electron chi connectivity index (χ4n) is 3.44. The van der Waals surface area contributed by atoms with E-state index in [1.165, 1.54) is 6.08 Å². The van der Waals surface area contributed by atoms with Gasteiger partial charge >= 0.3 is 0 Å². The molecule has 0 radical (unpaired) electrons. The molecule has 0 aliphatic rings. The normalized spacial score (nSPS) is 11.3. The van der Waals surface area contributed by atoms with Crippen molar-refractivity contribution in [1.29, 1.82) is 5.26 Å². The van der Waals surface area contributed by atoms with Gasteiger partial charge in [0.2, 0.25) is 0 Å². The zero-order valence-corrected chi connectivity index (χ0v) is 18.2. The third-order valence-corrected chi connectivity index (χ3v) is 5.25. The summed E-state index contributed by atoms with van der Waals surface area (Å²) in [6.07, 6.45) is 1.50. The highest BCUT2D eigenvalue weighted by molar-refractivity contribution is 6.31. The molecule has 5 nitrogen and oxygen atoms in total. The number of benzene rings is 2. The van der Waals surface area contributed by atoms with Crippen LogP contribution in [-0.4, -0.2) is 15.7 Å². The summed E-state index contributed by atoms with van der Waals surface area (Å²) >= 11 is 6.53. The van der Waals surface area contributed by atoms with Crippen molar-refractivity contribution in [2.45, 2.75) is 34.2 Å². The van der Waals surface area contributed by atoms with Crippen molar-refractivity contribution < 1.29 is 4.79 Å². The Kier molecular flexibility index (Phi) is 6.39. The molecule has 1 N–H and O–H groups in total. The highest BCUT2D eigenvalue weighted by Crippen LogP contribution is 2.25. The van der Waals surface area contributed by atoms with E-state index in [1.54, 1.807) is 11.6 Å². The first-order chi connectivity index (χ1) is 14.3. The van der Waals surface area contributed by atoms with Crippen molar-refractivity contribution in [3.05, 3.63) is 86.7 Å². The topological polar surface area (TPSA) is 70.7 Å². The van der Waals surface area contributed by atoms with E-state index < -0.39 is 5.91 Å². The molecule has 152 valence electrons. The molecule has 3 rings (SSSR count). The van der Waals surface area contributed by atoms with Crippen LogP contribution in [0, 0.1) is 39.0 Å². The second-order valence-electron chi connectivity index (χ2n) is 7.33. The number of halogens is 1. The number of carbonyl (C=O) groups is 1. The Morgan fingerprint density at radius 2 is 1.80 bits per heavy atom. The van der Waals surface area contributed by atoms with Crippen LogP contribution in [0.25, 0.3) is 6.08 Å². The van der Waals surface area contributed by atoms with Crippen LogP contribution < -0.4 is 5.32 Å². The number of hydrogen-bond donors (Lipinski definition) is 1. The third kappa shape index (κ3) is 4.61. The van der Waals surface area contributed by atoms with Crippen molar-refractivity contribution >= 4 is 29.3 Å². The molecule has 1 heterocycles. The number of aromatic nitrogens is 2. The molecule has 6 heteroatoms. The number of carbonyl (C=O) groups excluding carboxylic acids is 1. The molecule has 0 bridgehead atoms. The Morgan fingerprint density at radius 1 is 1.17 bits per heavy atom. The number of nitriles is 1. The van der Waals surface area contributed by atoms with Gasteiger partial charge in [0.15, 0.2) is 0 Å². The highest BCUT2D eigenvalue weighted by atomic mass is 35.5. The second kappa shape index (κ2) is 8.98. The van der Waals surface area contributed by atoms with Crippen molar-refractivity contribution in [2.75, 3.05) is 5.32 Å². The summed E-state index contributed by atoms with van der Waals surface area (Å²) in [7, 11) is 0. The highest BCUT2D eigenvalue weighted by Gasteiger charge is 2.17. The molecule has 0 aliphatic heterocycles. The number of aryl methyl sites for hydroxylation is 4. The van der Waals surface area contributed by atoms with Gasteiger partial charge in [0, 0.05) is 11.3 Å². The van der Waals surface area contributed by atoms with Crippen LogP contribution >= 0.6 is 11.6 Å². The van der Waals surface area contributed by atoms with Gasteiger partial charge in [-0.15, -0.1) is 0 Å². The molecule has 0 spiro atoms. The molecule has 0 saturated heterocycles. The molecule has 0 saturated carbocycles. The maximum absolute atomic E-state index is 12.8. The van der Waals surface area contributed by atoms with Gasteiger partial charge in [-0.05, 0) is 50.5 Å². The van der Waals surface area contributed by atoms with E-state index in [9.17, 15) is 10.1 Å². The number of nitrogens with one attached hydrogen (secondary N) is 1. The van der Waals surface area contributed by atoms with Gasteiger partial charge < -0.3 is 5.32 Å². The van der Waals surface area contributed by atoms with E-state index >= 15 is 0 Å². The molecule has 0 unspecified atom stereocenters. The smallest absolute Gasteiger partial charge is 0.266 e.